The second-order valence-corrected chi connectivity index (χ2v) is 1.72. The lowest BCUT2D eigenvalue weighted by Gasteiger charge is -1.95. The number of ether oxygens (including phenoxy) is 1. The first kappa shape index (κ1) is 7.66. The van der Waals surface area contributed by atoms with E-state index < -0.39 is 0 Å². The van der Waals surface area contributed by atoms with E-state index in [1.807, 2.05) is 13.0 Å². The molecule has 0 aliphatic heterocycles. The Hall–Kier alpha value is -0.340. The van der Waals surface area contributed by atoms with Gasteiger partial charge < -0.3 is 10.5 Å². The van der Waals surface area contributed by atoms with E-state index in [0.29, 0.717) is 13.2 Å². The minimum Gasteiger partial charge on any atom is -0.380 e. The predicted molar refractivity (Wildman–Crippen MR) is 34.7 cm³/mol. The summed E-state index contributed by atoms with van der Waals surface area (Å²) in [5, 5.41) is 0. The lowest BCUT2D eigenvalue weighted by molar-refractivity contribution is 0.225. The fourth-order valence-electron chi connectivity index (χ4n) is 0.488. The zero-order valence-electron chi connectivity index (χ0n) is 5.48. The summed E-state index contributed by atoms with van der Waals surface area (Å²) in [5.41, 5.74) is 6.42. The van der Waals surface area contributed by atoms with Crippen LogP contribution in [0.3, 0.4) is 0 Å². The molecule has 0 saturated heterocycles. The summed E-state index contributed by atoms with van der Waals surface area (Å²) in [7, 11) is 1.67. The van der Waals surface area contributed by atoms with E-state index in [1.165, 1.54) is 5.57 Å². The summed E-state index contributed by atoms with van der Waals surface area (Å²) in [4.78, 5) is 0. The lowest BCUT2D eigenvalue weighted by Crippen LogP contribution is -1.97. The van der Waals surface area contributed by atoms with Crippen molar-refractivity contribution in [3.63, 3.8) is 0 Å². The Bertz CT molecular complexity index is 78.6. The standard InChI is InChI=1S/C6H13NO/c1-6(3-4-7)5-8-2/h3H,4-5,7H2,1-2H3/b6-3+. The summed E-state index contributed by atoms with van der Waals surface area (Å²) in [6.07, 6.45) is 1.95. The van der Waals surface area contributed by atoms with Crippen molar-refractivity contribution in [2.24, 2.45) is 5.73 Å². The van der Waals surface area contributed by atoms with Crippen molar-refractivity contribution in [2.75, 3.05) is 20.3 Å². The van der Waals surface area contributed by atoms with Gasteiger partial charge in [0.05, 0.1) is 6.61 Å². The van der Waals surface area contributed by atoms with Crippen LogP contribution in [0.5, 0.6) is 0 Å². The van der Waals surface area contributed by atoms with E-state index in [0.717, 1.165) is 0 Å². The normalized spacial score (nSPS) is 12.1. The van der Waals surface area contributed by atoms with E-state index >= 15 is 0 Å². The molecular weight excluding hydrogens is 102 g/mol. The molecule has 0 spiro atoms. The minimum absolute atomic E-state index is 0.606. The molecule has 0 aromatic heterocycles. The third-order valence-electron chi connectivity index (χ3n) is 0.838. The van der Waals surface area contributed by atoms with Gasteiger partial charge in [-0.25, -0.2) is 0 Å². The Kier molecular flexibility index (Phi) is 4.61. The van der Waals surface area contributed by atoms with Gasteiger partial charge in [0.15, 0.2) is 0 Å². The largest absolute Gasteiger partial charge is 0.380 e. The molecular formula is C6H13NO. The van der Waals surface area contributed by atoms with Gasteiger partial charge in [-0.15, -0.1) is 0 Å². The second kappa shape index (κ2) is 4.81. The van der Waals surface area contributed by atoms with Gasteiger partial charge in [0.25, 0.3) is 0 Å². The van der Waals surface area contributed by atoms with Crippen LogP contribution in [0, 0.1) is 0 Å². The Morgan fingerprint density at radius 3 is 2.75 bits per heavy atom. The molecule has 0 saturated carbocycles. The molecule has 2 nitrogen and oxygen atoms in total. The summed E-state index contributed by atoms with van der Waals surface area (Å²) >= 11 is 0. The van der Waals surface area contributed by atoms with Crippen LogP contribution in [0.4, 0.5) is 0 Å². The number of hydrogen-bond acceptors (Lipinski definition) is 2. The van der Waals surface area contributed by atoms with E-state index in [4.69, 9.17) is 10.5 Å². The zero-order chi connectivity index (χ0) is 6.41. The molecule has 0 heterocycles. The van der Waals surface area contributed by atoms with Gasteiger partial charge in [0.1, 0.15) is 0 Å². The SMILES string of the molecule is COC/C(C)=C/CN. The average Bonchev–Trinajstić information content (AvgIpc) is 1.68. The van der Waals surface area contributed by atoms with Crippen molar-refractivity contribution in [1.82, 2.24) is 0 Å². The Morgan fingerprint density at radius 1 is 1.75 bits per heavy atom. The predicted octanol–water partition coefficient (Wildman–Crippen LogP) is 0.538. The number of nitrogens with two attached hydrogens (primary N) is 1. The van der Waals surface area contributed by atoms with E-state index in [-0.39, 0.29) is 0 Å². The summed E-state index contributed by atoms with van der Waals surface area (Å²) in [5.74, 6) is 0. The maximum absolute atomic E-state index is 5.23. The highest BCUT2D eigenvalue weighted by Crippen LogP contribution is 1.88. The summed E-state index contributed by atoms with van der Waals surface area (Å²) in [6.45, 7) is 3.29. The van der Waals surface area contributed by atoms with E-state index in [1.54, 1.807) is 7.11 Å². The van der Waals surface area contributed by atoms with Crippen molar-refractivity contribution in [3.05, 3.63) is 11.6 Å². The Morgan fingerprint density at radius 2 is 2.38 bits per heavy atom. The van der Waals surface area contributed by atoms with E-state index in [9.17, 15) is 0 Å². The summed E-state index contributed by atoms with van der Waals surface area (Å²) < 4.78 is 4.83. The quantitative estimate of drug-likeness (QED) is 0.545. The molecule has 0 atom stereocenters. The molecule has 0 amide bonds. The number of methoxy groups -OCH3 is 1. The molecule has 0 aliphatic carbocycles. The topological polar surface area (TPSA) is 35.2 Å². The molecule has 0 fully saturated rings. The highest BCUT2D eigenvalue weighted by atomic mass is 16.5. The van der Waals surface area contributed by atoms with Crippen LogP contribution in [-0.2, 0) is 4.74 Å². The maximum Gasteiger partial charge on any atom is 0.0670 e. The van der Waals surface area contributed by atoms with Gasteiger partial charge in [0.2, 0.25) is 0 Å². The third kappa shape index (κ3) is 3.84. The molecule has 0 aromatic carbocycles. The van der Waals surface area contributed by atoms with Crippen molar-refractivity contribution >= 4 is 0 Å². The second-order valence-electron chi connectivity index (χ2n) is 1.72. The Balaban J connectivity index is 3.29. The van der Waals surface area contributed by atoms with Gasteiger partial charge in [-0.05, 0) is 6.92 Å². The molecule has 0 bridgehead atoms. The molecule has 0 radical (unpaired) electrons. The Labute approximate surface area is 50.3 Å². The smallest absolute Gasteiger partial charge is 0.0670 e. The molecule has 2 N–H and O–H groups in total. The minimum atomic E-state index is 0.606. The van der Waals surface area contributed by atoms with Crippen LogP contribution < -0.4 is 5.73 Å². The van der Waals surface area contributed by atoms with Crippen molar-refractivity contribution < 1.29 is 4.74 Å². The number of rotatable bonds is 3. The average molecular weight is 115 g/mol. The van der Waals surface area contributed by atoms with Gasteiger partial charge in [0, 0.05) is 13.7 Å². The highest BCUT2D eigenvalue weighted by molar-refractivity contribution is 4.98. The molecule has 48 valence electrons. The van der Waals surface area contributed by atoms with Crippen LogP contribution in [0.1, 0.15) is 6.92 Å². The van der Waals surface area contributed by atoms with Gasteiger partial charge in [-0.3, -0.25) is 0 Å². The zero-order valence-corrected chi connectivity index (χ0v) is 5.48. The van der Waals surface area contributed by atoms with Crippen LogP contribution in [0.15, 0.2) is 11.6 Å². The van der Waals surface area contributed by atoms with E-state index in [2.05, 4.69) is 0 Å². The molecule has 2 heteroatoms. The van der Waals surface area contributed by atoms with Gasteiger partial charge >= 0.3 is 0 Å². The van der Waals surface area contributed by atoms with Crippen LogP contribution in [0.2, 0.25) is 0 Å². The maximum atomic E-state index is 5.23. The first-order valence-corrected chi connectivity index (χ1v) is 2.66. The fraction of sp³-hybridized carbons (Fsp3) is 0.667. The first-order chi connectivity index (χ1) is 3.81. The molecule has 8 heavy (non-hydrogen) atoms. The molecule has 0 unspecified atom stereocenters. The van der Waals surface area contributed by atoms with Crippen molar-refractivity contribution in [1.29, 1.82) is 0 Å². The first-order valence-electron chi connectivity index (χ1n) is 2.66. The lowest BCUT2D eigenvalue weighted by atomic mass is 10.3. The third-order valence-corrected chi connectivity index (χ3v) is 0.838. The van der Waals surface area contributed by atoms with Crippen LogP contribution in [0.25, 0.3) is 0 Å². The van der Waals surface area contributed by atoms with Crippen LogP contribution >= 0.6 is 0 Å². The fourth-order valence-corrected chi connectivity index (χ4v) is 0.488. The van der Waals surface area contributed by atoms with Gasteiger partial charge in [-0.1, -0.05) is 11.6 Å². The monoisotopic (exact) mass is 115 g/mol. The van der Waals surface area contributed by atoms with Gasteiger partial charge in [-0.2, -0.15) is 0 Å². The number of hydrogen-bond donors (Lipinski definition) is 1. The summed E-state index contributed by atoms with van der Waals surface area (Å²) in [6, 6.07) is 0. The molecule has 0 rings (SSSR count). The molecule has 0 aliphatic rings. The molecule has 0 aromatic rings. The van der Waals surface area contributed by atoms with Crippen molar-refractivity contribution in [2.45, 2.75) is 6.92 Å². The van der Waals surface area contributed by atoms with Crippen LogP contribution in [-0.4, -0.2) is 20.3 Å². The highest BCUT2D eigenvalue weighted by Gasteiger charge is 1.82. The van der Waals surface area contributed by atoms with Crippen molar-refractivity contribution in [3.8, 4) is 0 Å².